The summed E-state index contributed by atoms with van der Waals surface area (Å²) in [4.78, 5) is 4.20. The Balaban J connectivity index is 2.25. The van der Waals surface area contributed by atoms with Gasteiger partial charge in [0.1, 0.15) is 5.82 Å². The number of hydrazine groups is 1. The van der Waals surface area contributed by atoms with Gasteiger partial charge in [0.2, 0.25) is 0 Å². The number of nitrogen functional groups attached to an aromatic ring is 1. The van der Waals surface area contributed by atoms with Crippen LogP contribution in [0.2, 0.25) is 0 Å². The molecule has 1 aromatic heterocycles. The number of nitrogens with zero attached hydrogens (tertiary/aromatic N) is 1. The van der Waals surface area contributed by atoms with Crippen LogP contribution in [0.1, 0.15) is 31.0 Å². The van der Waals surface area contributed by atoms with Crippen molar-refractivity contribution in [1.82, 2.24) is 10.4 Å². The van der Waals surface area contributed by atoms with E-state index in [1.165, 1.54) is 0 Å². The Morgan fingerprint density at radius 1 is 1.42 bits per heavy atom. The second-order valence-electron chi connectivity index (χ2n) is 4.99. The van der Waals surface area contributed by atoms with E-state index in [-0.39, 0.29) is 6.04 Å². The largest absolute Gasteiger partial charge is 0.383 e. The predicted octanol–water partition coefficient (Wildman–Crippen LogP) is 2.10. The molecular formula is C13H22N4S2. The topological polar surface area (TPSA) is 77.0 Å². The van der Waals surface area contributed by atoms with Crippen molar-refractivity contribution in [3.63, 3.8) is 0 Å². The fraction of sp³-hybridized carbons (Fsp3) is 0.615. The highest BCUT2D eigenvalue weighted by Crippen LogP contribution is 2.42. The van der Waals surface area contributed by atoms with Crippen molar-refractivity contribution in [3.8, 4) is 0 Å². The summed E-state index contributed by atoms with van der Waals surface area (Å²) in [5.74, 6) is 7.46. The quantitative estimate of drug-likeness (QED) is 0.586. The molecule has 1 aliphatic rings. The Bertz CT molecular complexity index is 420. The van der Waals surface area contributed by atoms with E-state index < -0.39 is 0 Å². The Morgan fingerprint density at radius 3 is 2.74 bits per heavy atom. The van der Waals surface area contributed by atoms with Crippen LogP contribution in [0.15, 0.2) is 12.3 Å². The third-order valence-corrected chi connectivity index (χ3v) is 7.17. The summed E-state index contributed by atoms with van der Waals surface area (Å²) >= 11 is 4.00. The first kappa shape index (κ1) is 15.0. The van der Waals surface area contributed by atoms with Crippen molar-refractivity contribution in [2.75, 3.05) is 11.5 Å². The van der Waals surface area contributed by atoms with Crippen LogP contribution >= 0.6 is 23.5 Å². The normalized spacial score (nSPS) is 29.2. The number of hydrogen-bond acceptors (Lipinski definition) is 6. The number of hydrogen-bond donors (Lipinski definition) is 3. The molecule has 0 spiro atoms. The highest BCUT2D eigenvalue weighted by atomic mass is 32.2. The molecule has 5 N–H and O–H groups in total. The average molecular weight is 298 g/mol. The lowest BCUT2D eigenvalue weighted by atomic mass is 10.0. The summed E-state index contributed by atoms with van der Waals surface area (Å²) in [6.07, 6.45) is 1.75. The second-order valence-corrected chi connectivity index (χ2v) is 8.02. The van der Waals surface area contributed by atoms with Gasteiger partial charge in [0.05, 0.1) is 6.04 Å². The molecule has 2 heterocycles. The van der Waals surface area contributed by atoms with Gasteiger partial charge in [-0.3, -0.25) is 11.3 Å². The van der Waals surface area contributed by atoms with Crippen molar-refractivity contribution in [2.45, 2.75) is 42.6 Å². The van der Waals surface area contributed by atoms with Crippen molar-refractivity contribution in [2.24, 2.45) is 5.84 Å². The zero-order valence-corrected chi connectivity index (χ0v) is 13.2. The van der Waals surface area contributed by atoms with Gasteiger partial charge in [0, 0.05) is 33.3 Å². The molecule has 0 aliphatic carbocycles. The van der Waals surface area contributed by atoms with Crippen molar-refractivity contribution < 1.29 is 0 Å². The highest BCUT2D eigenvalue weighted by Gasteiger charge is 2.33. The third kappa shape index (κ3) is 3.18. The number of nitrogens with two attached hydrogens (primary N) is 2. The van der Waals surface area contributed by atoms with Crippen molar-refractivity contribution in [1.29, 1.82) is 0 Å². The first-order chi connectivity index (χ1) is 9.04. The molecule has 4 atom stereocenters. The fourth-order valence-electron chi connectivity index (χ4n) is 2.35. The van der Waals surface area contributed by atoms with E-state index in [4.69, 9.17) is 11.6 Å². The van der Waals surface area contributed by atoms with Crippen LogP contribution in [0.3, 0.4) is 0 Å². The molecule has 6 heteroatoms. The zero-order valence-electron chi connectivity index (χ0n) is 11.6. The molecular weight excluding hydrogens is 276 g/mol. The van der Waals surface area contributed by atoms with Crippen LogP contribution in [0.5, 0.6) is 0 Å². The van der Waals surface area contributed by atoms with E-state index in [0.717, 1.165) is 16.9 Å². The van der Waals surface area contributed by atoms with E-state index in [0.29, 0.717) is 21.6 Å². The lowest BCUT2D eigenvalue weighted by molar-refractivity contribution is 0.547. The third-order valence-electron chi connectivity index (χ3n) is 3.68. The molecule has 0 aromatic carbocycles. The zero-order chi connectivity index (χ0) is 14.0. The first-order valence-electron chi connectivity index (χ1n) is 6.48. The lowest BCUT2D eigenvalue weighted by Crippen LogP contribution is -2.41. The van der Waals surface area contributed by atoms with Gasteiger partial charge in [-0.1, -0.05) is 13.8 Å². The molecule has 0 saturated carbocycles. The van der Waals surface area contributed by atoms with Crippen LogP contribution < -0.4 is 17.0 Å². The highest BCUT2D eigenvalue weighted by molar-refractivity contribution is 8.07. The molecule has 1 aliphatic heterocycles. The van der Waals surface area contributed by atoms with Crippen molar-refractivity contribution in [3.05, 3.63) is 23.4 Å². The minimum atomic E-state index is 0.0566. The van der Waals surface area contributed by atoms with Gasteiger partial charge in [0.25, 0.3) is 0 Å². The molecule has 1 fully saturated rings. The molecule has 106 valence electrons. The lowest BCUT2D eigenvalue weighted by Gasteiger charge is -2.36. The van der Waals surface area contributed by atoms with Crippen molar-refractivity contribution >= 4 is 29.3 Å². The van der Waals surface area contributed by atoms with Gasteiger partial charge in [-0.15, -0.1) is 0 Å². The van der Waals surface area contributed by atoms with Crippen LogP contribution in [0, 0.1) is 6.92 Å². The van der Waals surface area contributed by atoms with Gasteiger partial charge >= 0.3 is 0 Å². The number of aryl methyl sites for hydroxylation is 1. The number of pyridine rings is 1. The molecule has 4 nitrogen and oxygen atoms in total. The summed E-state index contributed by atoms with van der Waals surface area (Å²) in [5, 5.41) is 1.73. The molecule has 0 radical (unpaired) electrons. The summed E-state index contributed by atoms with van der Waals surface area (Å²) in [5.41, 5.74) is 11.2. The minimum absolute atomic E-state index is 0.0566. The SMILES string of the molecule is Cc1ccnc(N)c1C(NN)C1CSC(C)C(C)S1. The summed E-state index contributed by atoms with van der Waals surface area (Å²) in [6, 6.07) is 2.05. The van der Waals surface area contributed by atoms with Gasteiger partial charge < -0.3 is 5.73 Å². The van der Waals surface area contributed by atoms with E-state index >= 15 is 0 Å². The fourth-order valence-corrected chi connectivity index (χ4v) is 5.43. The Morgan fingerprint density at radius 2 is 2.16 bits per heavy atom. The predicted molar refractivity (Wildman–Crippen MR) is 86.2 cm³/mol. The molecule has 1 saturated heterocycles. The number of nitrogens with one attached hydrogen (secondary N) is 1. The van der Waals surface area contributed by atoms with E-state index in [2.05, 4.69) is 31.2 Å². The maximum absolute atomic E-state index is 6.04. The molecule has 19 heavy (non-hydrogen) atoms. The smallest absolute Gasteiger partial charge is 0.128 e. The number of rotatable bonds is 3. The summed E-state index contributed by atoms with van der Waals surface area (Å²) in [6.45, 7) is 6.62. The van der Waals surface area contributed by atoms with Crippen LogP contribution in [-0.4, -0.2) is 26.5 Å². The maximum atomic E-state index is 6.04. The number of anilines is 1. The first-order valence-corrected chi connectivity index (χ1v) is 8.48. The van der Waals surface area contributed by atoms with E-state index in [1.54, 1.807) is 6.20 Å². The average Bonchev–Trinajstić information content (AvgIpc) is 2.37. The minimum Gasteiger partial charge on any atom is -0.383 e. The van der Waals surface area contributed by atoms with Gasteiger partial charge in [-0.25, -0.2) is 4.98 Å². The van der Waals surface area contributed by atoms with Crippen LogP contribution in [0.4, 0.5) is 5.82 Å². The van der Waals surface area contributed by atoms with Gasteiger partial charge in [0.15, 0.2) is 0 Å². The second kappa shape index (κ2) is 6.35. The Labute approximate surface area is 123 Å². The van der Waals surface area contributed by atoms with E-state index in [9.17, 15) is 0 Å². The standard InChI is InChI=1S/C13H22N4S2/c1-7-4-5-16-13(14)11(7)12(17-15)10-6-18-8(2)9(3)19-10/h4-5,8-10,12,17H,6,15H2,1-3H3,(H2,14,16). The molecule has 2 rings (SSSR count). The Hall–Kier alpha value is -0.430. The summed E-state index contributed by atoms with van der Waals surface area (Å²) in [7, 11) is 0. The molecule has 0 amide bonds. The van der Waals surface area contributed by atoms with Gasteiger partial charge in [-0.2, -0.15) is 23.5 Å². The number of aromatic nitrogens is 1. The molecule has 1 aromatic rings. The van der Waals surface area contributed by atoms with E-state index in [1.807, 2.05) is 29.6 Å². The van der Waals surface area contributed by atoms with Crippen LogP contribution in [-0.2, 0) is 0 Å². The maximum Gasteiger partial charge on any atom is 0.128 e. The Kier molecular flexibility index (Phi) is 5.00. The van der Waals surface area contributed by atoms with Crippen LogP contribution in [0.25, 0.3) is 0 Å². The number of thioether (sulfide) groups is 2. The van der Waals surface area contributed by atoms with Gasteiger partial charge in [-0.05, 0) is 18.6 Å². The summed E-state index contributed by atoms with van der Waals surface area (Å²) < 4.78 is 0. The molecule has 4 unspecified atom stereocenters. The monoisotopic (exact) mass is 298 g/mol. The molecule has 0 bridgehead atoms.